The van der Waals surface area contributed by atoms with E-state index in [2.05, 4.69) is 20.9 Å². The summed E-state index contributed by atoms with van der Waals surface area (Å²) in [6.07, 6.45) is 4.66. The van der Waals surface area contributed by atoms with Crippen LogP contribution < -0.4 is 0 Å². The van der Waals surface area contributed by atoms with Gasteiger partial charge in [-0.15, -0.1) is 0 Å². The van der Waals surface area contributed by atoms with Gasteiger partial charge in [0.2, 0.25) is 5.78 Å². The normalized spacial score (nSPS) is 10.4. The van der Waals surface area contributed by atoms with Gasteiger partial charge in [0.15, 0.2) is 4.67 Å². The Morgan fingerprint density at radius 1 is 1.64 bits per heavy atom. The van der Waals surface area contributed by atoms with Crippen molar-refractivity contribution in [1.29, 1.82) is 0 Å². The van der Waals surface area contributed by atoms with E-state index in [4.69, 9.17) is 4.42 Å². The van der Waals surface area contributed by atoms with E-state index in [1.807, 2.05) is 7.05 Å². The SMILES string of the molecule is Cn1cnc(C(=O)c2coc(Br)c2)c1. The van der Waals surface area contributed by atoms with Crippen LogP contribution in [0.3, 0.4) is 0 Å². The highest BCUT2D eigenvalue weighted by atomic mass is 79.9. The fourth-order valence-electron chi connectivity index (χ4n) is 1.11. The molecule has 5 heteroatoms. The van der Waals surface area contributed by atoms with Crippen LogP contribution in [0.2, 0.25) is 0 Å². The standard InChI is InChI=1S/C9H7BrN2O2/c1-12-3-7(11-5-12)9(13)6-2-8(10)14-4-6/h2-5H,1H3. The van der Waals surface area contributed by atoms with Crippen LogP contribution in [0.5, 0.6) is 0 Å². The molecule has 2 aromatic rings. The summed E-state index contributed by atoms with van der Waals surface area (Å²) >= 11 is 3.13. The van der Waals surface area contributed by atoms with E-state index in [-0.39, 0.29) is 5.78 Å². The Morgan fingerprint density at radius 2 is 2.43 bits per heavy atom. The van der Waals surface area contributed by atoms with E-state index in [9.17, 15) is 4.79 Å². The van der Waals surface area contributed by atoms with Crippen LogP contribution in [0.15, 0.2) is 33.9 Å². The molecule has 0 aliphatic carbocycles. The smallest absolute Gasteiger partial charge is 0.216 e. The summed E-state index contributed by atoms with van der Waals surface area (Å²) in [5.74, 6) is -0.139. The molecule has 0 saturated carbocycles. The Labute approximate surface area is 88.7 Å². The van der Waals surface area contributed by atoms with Gasteiger partial charge in [-0.2, -0.15) is 0 Å². The Bertz CT molecular complexity index is 430. The van der Waals surface area contributed by atoms with Crippen molar-refractivity contribution in [2.75, 3.05) is 0 Å². The molecule has 0 saturated heterocycles. The monoisotopic (exact) mass is 254 g/mol. The Hall–Kier alpha value is -1.36. The van der Waals surface area contributed by atoms with Gasteiger partial charge in [0.25, 0.3) is 0 Å². The Morgan fingerprint density at radius 3 is 2.93 bits per heavy atom. The van der Waals surface area contributed by atoms with Gasteiger partial charge in [0.05, 0.1) is 11.9 Å². The average Bonchev–Trinajstić information content (AvgIpc) is 2.73. The lowest BCUT2D eigenvalue weighted by molar-refractivity contribution is 0.103. The number of carbonyl (C=O) groups excluding carboxylic acids is 1. The number of ketones is 1. The van der Waals surface area contributed by atoms with Gasteiger partial charge in [-0.1, -0.05) is 0 Å². The summed E-state index contributed by atoms with van der Waals surface area (Å²) < 4.78 is 7.24. The fourth-order valence-corrected chi connectivity index (χ4v) is 1.45. The molecule has 14 heavy (non-hydrogen) atoms. The molecule has 0 spiro atoms. The number of carbonyl (C=O) groups is 1. The van der Waals surface area contributed by atoms with Crippen molar-refractivity contribution in [2.24, 2.45) is 7.05 Å². The minimum atomic E-state index is -0.139. The maximum atomic E-state index is 11.7. The lowest BCUT2D eigenvalue weighted by Gasteiger charge is -1.89. The van der Waals surface area contributed by atoms with Crippen molar-refractivity contribution in [3.63, 3.8) is 0 Å². The molecular weight excluding hydrogens is 248 g/mol. The molecule has 2 aromatic heterocycles. The first-order chi connectivity index (χ1) is 6.66. The first-order valence-electron chi connectivity index (χ1n) is 3.93. The molecule has 0 N–H and O–H groups in total. The van der Waals surface area contributed by atoms with Crippen LogP contribution in [-0.4, -0.2) is 15.3 Å². The molecule has 0 aromatic carbocycles. The molecule has 2 heterocycles. The van der Waals surface area contributed by atoms with Crippen molar-refractivity contribution in [2.45, 2.75) is 0 Å². The van der Waals surface area contributed by atoms with Gasteiger partial charge < -0.3 is 8.98 Å². The second kappa shape index (κ2) is 3.42. The molecule has 2 rings (SSSR count). The zero-order valence-electron chi connectivity index (χ0n) is 7.40. The van der Waals surface area contributed by atoms with E-state index in [0.29, 0.717) is 15.9 Å². The number of hydrogen-bond acceptors (Lipinski definition) is 3. The summed E-state index contributed by atoms with van der Waals surface area (Å²) in [5.41, 5.74) is 0.913. The second-order valence-electron chi connectivity index (χ2n) is 2.89. The van der Waals surface area contributed by atoms with Gasteiger partial charge in [-0.25, -0.2) is 4.98 Å². The molecule has 0 amide bonds. The highest BCUT2D eigenvalue weighted by Crippen LogP contribution is 2.16. The van der Waals surface area contributed by atoms with E-state index < -0.39 is 0 Å². The van der Waals surface area contributed by atoms with Crippen LogP contribution >= 0.6 is 15.9 Å². The van der Waals surface area contributed by atoms with Crippen molar-refractivity contribution in [1.82, 2.24) is 9.55 Å². The van der Waals surface area contributed by atoms with Gasteiger partial charge in [-0.3, -0.25) is 4.79 Å². The number of aryl methyl sites for hydroxylation is 1. The second-order valence-corrected chi connectivity index (χ2v) is 3.67. The maximum Gasteiger partial charge on any atom is 0.216 e. The number of furan rings is 1. The zero-order chi connectivity index (χ0) is 10.1. The first kappa shape index (κ1) is 9.21. The number of hydrogen-bond donors (Lipinski definition) is 0. The largest absolute Gasteiger partial charge is 0.457 e. The lowest BCUT2D eigenvalue weighted by Crippen LogP contribution is -1.99. The molecule has 0 aliphatic heterocycles. The minimum absolute atomic E-state index is 0.139. The lowest BCUT2D eigenvalue weighted by atomic mass is 10.2. The molecular formula is C9H7BrN2O2. The van der Waals surface area contributed by atoms with Gasteiger partial charge >= 0.3 is 0 Å². The van der Waals surface area contributed by atoms with Crippen molar-refractivity contribution < 1.29 is 9.21 Å². The van der Waals surface area contributed by atoms with Crippen molar-refractivity contribution in [3.05, 3.63) is 40.8 Å². The van der Waals surface area contributed by atoms with Crippen LogP contribution in [0.4, 0.5) is 0 Å². The molecule has 4 nitrogen and oxygen atoms in total. The van der Waals surface area contributed by atoms with Crippen molar-refractivity contribution in [3.8, 4) is 0 Å². The number of imidazole rings is 1. The molecule has 0 fully saturated rings. The summed E-state index contributed by atoms with van der Waals surface area (Å²) in [6.45, 7) is 0. The molecule has 72 valence electrons. The third-order valence-electron chi connectivity index (χ3n) is 1.77. The molecule has 0 atom stereocenters. The summed E-state index contributed by atoms with van der Waals surface area (Å²) in [5, 5.41) is 0. The zero-order valence-corrected chi connectivity index (χ0v) is 8.98. The number of rotatable bonds is 2. The fraction of sp³-hybridized carbons (Fsp3) is 0.111. The number of aromatic nitrogens is 2. The molecule has 0 bridgehead atoms. The Balaban J connectivity index is 2.33. The third kappa shape index (κ3) is 1.63. The quantitative estimate of drug-likeness (QED) is 0.771. The van der Waals surface area contributed by atoms with Crippen LogP contribution in [-0.2, 0) is 7.05 Å². The van der Waals surface area contributed by atoms with E-state index in [1.165, 1.54) is 6.26 Å². The van der Waals surface area contributed by atoms with Crippen molar-refractivity contribution >= 4 is 21.7 Å². The van der Waals surface area contributed by atoms with Crippen LogP contribution in [0.1, 0.15) is 16.1 Å². The summed E-state index contributed by atoms with van der Waals surface area (Å²) in [7, 11) is 1.81. The highest BCUT2D eigenvalue weighted by Gasteiger charge is 2.13. The van der Waals surface area contributed by atoms with E-state index in [1.54, 1.807) is 23.2 Å². The minimum Gasteiger partial charge on any atom is -0.457 e. The molecule has 0 radical (unpaired) electrons. The first-order valence-corrected chi connectivity index (χ1v) is 4.73. The topological polar surface area (TPSA) is 48.0 Å². The van der Waals surface area contributed by atoms with Gasteiger partial charge in [0.1, 0.15) is 12.0 Å². The molecule has 0 unspecified atom stereocenters. The van der Waals surface area contributed by atoms with E-state index in [0.717, 1.165) is 0 Å². The predicted molar refractivity (Wildman–Crippen MR) is 53.0 cm³/mol. The average molecular weight is 255 g/mol. The number of nitrogens with zero attached hydrogens (tertiary/aromatic N) is 2. The van der Waals surface area contributed by atoms with E-state index >= 15 is 0 Å². The third-order valence-corrected chi connectivity index (χ3v) is 2.18. The Kier molecular flexibility index (Phi) is 2.25. The van der Waals surface area contributed by atoms with Crippen LogP contribution in [0.25, 0.3) is 0 Å². The van der Waals surface area contributed by atoms with Crippen LogP contribution in [0, 0.1) is 0 Å². The van der Waals surface area contributed by atoms with Gasteiger partial charge in [-0.05, 0) is 15.9 Å². The maximum absolute atomic E-state index is 11.7. The predicted octanol–water partition coefficient (Wildman–Crippen LogP) is 2.01. The number of halogens is 1. The van der Waals surface area contributed by atoms with Gasteiger partial charge in [0, 0.05) is 19.3 Å². The highest BCUT2D eigenvalue weighted by molar-refractivity contribution is 9.10. The summed E-state index contributed by atoms with van der Waals surface area (Å²) in [4.78, 5) is 15.7. The molecule has 0 aliphatic rings. The summed E-state index contributed by atoms with van der Waals surface area (Å²) in [6, 6.07) is 1.62.